The number of methoxy groups -OCH3 is 1. The molecule has 0 spiro atoms. The molecule has 0 aliphatic heterocycles. The maximum atomic E-state index is 13.0. The molecule has 0 radical (unpaired) electrons. The van der Waals surface area contributed by atoms with Crippen molar-refractivity contribution in [2.75, 3.05) is 14.2 Å². The summed E-state index contributed by atoms with van der Waals surface area (Å²) in [7, 11) is 3.44. The first-order chi connectivity index (χ1) is 15.2. The van der Waals surface area contributed by atoms with Crippen LogP contribution < -0.4 is 9.47 Å². The molecule has 0 saturated carbocycles. The van der Waals surface area contributed by atoms with E-state index in [1.54, 1.807) is 18.1 Å². The third kappa shape index (κ3) is 4.69. The predicted octanol–water partition coefficient (Wildman–Crippen LogP) is 5.70. The number of hydrogen-bond acceptors (Lipinski definition) is 3. The van der Waals surface area contributed by atoms with Crippen molar-refractivity contribution in [3.05, 3.63) is 108 Å². The van der Waals surface area contributed by atoms with E-state index in [1.165, 1.54) is 0 Å². The second-order valence-electron chi connectivity index (χ2n) is 7.44. The molecule has 0 aliphatic carbocycles. The first-order valence-electron chi connectivity index (χ1n) is 10.2. The molecule has 156 valence electrons. The van der Waals surface area contributed by atoms with Gasteiger partial charge >= 0.3 is 0 Å². The number of benzene rings is 4. The molecule has 0 aromatic heterocycles. The molecule has 0 saturated heterocycles. The van der Waals surface area contributed by atoms with E-state index in [9.17, 15) is 4.79 Å². The summed E-state index contributed by atoms with van der Waals surface area (Å²) in [4.78, 5) is 14.7. The number of carbonyl (C=O) groups is 1. The third-order valence-corrected chi connectivity index (χ3v) is 5.27. The number of hydrogen-bond donors (Lipinski definition) is 0. The number of ether oxygens (including phenoxy) is 2. The third-order valence-electron chi connectivity index (χ3n) is 5.27. The van der Waals surface area contributed by atoms with Gasteiger partial charge in [0.25, 0.3) is 5.91 Å². The molecule has 0 bridgehead atoms. The first kappa shape index (κ1) is 20.5. The van der Waals surface area contributed by atoms with Crippen LogP contribution in [0.1, 0.15) is 21.5 Å². The Morgan fingerprint density at radius 1 is 0.839 bits per heavy atom. The molecule has 0 N–H and O–H groups in total. The van der Waals surface area contributed by atoms with Crippen LogP contribution in [0.25, 0.3) is 10.8 Å². The molecule has 1 amide bonds. The number of rotatable bonds is 7. The highest BCUT2D eigenvalue weighted by Gasteiger charge is 2.15. The van der Waals surface area contributed by atoms with Crippen LogP contribution in [0, 0.1) is 0 Å². The minimum atomic E-state index is -0.0436. The summed E-state index contributed by atoms with van der Waals surface area (Å²) in [6.45, 7) is 0.855. The molecule has 4 aromatic carbocycles. The lowest BCUT2D eigenvalue weighted by Gasteiger charge is -2.19. The Balaban J connectivity index is 1.54. The first-order valence-corrected chi connectivity index (χ1v) is 10.2. The quantitative estimate of drug-likeness (QED) is 0.392. The zero-order valence-corrected chi connectivity index (χ0v) is 17.7. The summed E-state index contributed by atoms with van der Waals surface area (Å²) < 4.78 is 11.6. The van der Waals surface area contributed by atoms with E-state index >= 15 is 0 Å². The van der Waals surface area contributed by atoms with E-state index in [1.807, 2.05) is 79.8 Å². The predicted molar refractivity (Wildman–Crippen MR) is 124 cm³/mol. The summed E-state index contributed by atoms with van der Waals surface area (Å²) in [5, 5.41) is 2.18. The van der Waals surface area contributed by atoms with Gasteiger partial charge in [0.2, 0.25) is 0 Å². The highest BCUT2D eigenvalue weighted by atomic mass is 16.5. The van der Waals surface area contributed by atoms with E-state index in [0.717, 1.165) is 27.6 Å². The summed E-state index contributed by atoms with van der Waals surface area (Å²) in [5.74, 6) is 1.46. The molecule has 4 aromatic rings. The van der Waals surface area contributed by atoms with E-state index in [0.29, 0.717) is 24.5 Å². The second kappa shape index (κ2) is 9.35. The minimum absolute atomic E-state index is 0.0436. The average molecular weight is 412 g/mol. The lowest BCUT2D eigenvalue weighted by Crippen LogP contribution is -2.26. The van der Waals surface area contributed by atoms with Crippen LogP contribution in [0.4, 0.5) is 0 Å². The van der Waals surface area contributed by atoms with Crippen LogP contribution in [-0.2, 0) is 13.2 Å². The molecular formula is C27H25NO3. The highest BCUT2D eigenvalue weighted by molar-refractivity contribution is 5.94. The van der Waals surface area contributed by atoms with Crippen molar-refractivity contribution in [1.82, 2.24) is 4.90 Å². The van der Waals surface area contributed by atoms with Crippen molar-refractivity contribution in [2.45, 2.75) is 13.2 Å². The van der Waals surface area contributed by atoms with Gasteiger partial charge < -0.3 is 14.4 Å². The van der Waals surface area contributed by atoms with Crippen LogP contribution in [-0.4, -0.2) is 25.0 Å². The summed E-state index contributed by atoms with van der Waals surface area (Å²) in [6, 6.07) is 29.5. The van der Waals surface area contributed by atoms with Gasteiger partial charge in [-0.2, -0.15) is 0 Å². The van der Waals surface area contributed by atoms with Crippen molar-refractivity contribution >= 4 is 16.7 Å². The van der Waals surface area contributed by atoms with Crippen LogP contribution in [0.15, 0.2) is 91.0 Å². The van der Waals surface area contributed by atoms with Gasteiger partial charge in [-0.3, -0.25) is 4.79 Å². The van der Waals surface area contributed by atoms with Crippen LogP contribution in [0.5, 0.6) is 11.5 Å². The van der Waals surface area contributed by atoms with Gasteiger partial charge in [-0.25, -0.2) is 0 Å². The lowest BCUT2D eigenvalue weighted by molar-refractivity contribution is 0.0785. The lowest BCUT2D eigenvalue weighted by atomic mass is 10.1. The Hall–Kier alpha value is -3.79. The monoisotopic (exact) mass is 411 g/mol. The number of fused-ring (bicyclic) bond motifs is 1. The van der Waals surface area contributed by atoms with E-state index in [4.69, 9.17) is 9.47 Å². The van der Waals surface area contributed by atoms with E-state index in [2.05, 4.69) is 12.1 Å². The fourth-order valence-corrected chi connectivity index (χ4v) is 3.65. The van der Waals surface area contributed by atoms with Crippen molar-refractivity contribution < 1.29 is 14.3 Å². The van der Waals surface area contributed by atoms with E-state index in [-0.39, 0.29) is 5.91 Å². The number of amides is 1. The molecule has 0 atom stereocenters. The normalized spacial score (nSPS) is 10.6. The second-order valence-corrected chi connectivity index (χ2v) is 7.44. The molecule has 0 fully saturated rings. The average Bonchev–Trinajstić information content (AvgIpc) is 2.82. The maximum Gasteiger partial charge on any atom is 0.253 e. The van der Waals surface area contributed by atoms with Crippen LogP contribution in [0.3, 0.4) is 0 Å². The van der Waals surface area contributed by atoms with Crippen LogP contribution in [0.2, 0.25) is 0 Å². The Morgan fingerprint density at radius 3 is 2.39 bits per heavy atom. The Morgan fingerprint density at radius 2 is 1.58 bits per heavy atom. The fraction of sp³-hybridized carbons (Fsp3) is 0.148. The van der Waals surface area contributed by atoms with Gasteiger partial charge in [0.05, 0.1) is 7.11 Å². The number of carbonyl (C=O) groups excluding carboxylic acids is 1. The maximum absolute atomic E-state index is 13.0. The molecule has 0 heterocycles. The van der Waals surface area contributed by atoms with Gasteiger partial charge in [-0.15, -0.1) is 0 Å². The molecule has 4 rings (SSSR count). The zero-order valence-electron chi connectivity index (χ0n) is 17.7. The summed E-state index contributed by atoms with van der Waals surface area (Å²) >= 11 is 0. The van der Waals surface area contributed by atoms with Gasteiger partial charge in [-0.1, -0.05) is 66.7 Å². The fourth-order valence-electron chi connectivity index (χ4n) is 3.65. The topological polar surface area (TPSA) is 38.8 Å². The Kier molecular flexibility index (Phi) is 6.18. The van der Waals surface area contributed by atoms with Crippen molar-refractivity contribution in [2.24, 2.45) is 0 Å². The highest BCUT2D eigenvalue weighted by Crippen LogP contribution is 2.28. The Labute approximate surface area is 182 Å². The summed E-state index contributed by atoms with van der Waals surface area (Å²) in [6.07, 6.45) is 0. The number of nitrogens with zero attached hydrogens (tertiary/aromatic N) is 1. The standard InChI is InChI=1S/C27H25NO3/c1-28(18-20-9-4-3-5-10-20)27(29)22-15-16-25(30-2)23(17-22)19-31-26-14-8-12-21-11-6-7-13-24(21)26/h3-17H,18-19H2,1-2H3. The summed E-state index contributed by atoms with van der Waals surface area (Å²) in [5.41, 5.74) is 2.52. The molecule has 4 nitrogen and oxygen atoms in total. The zero-order chi connectivity index (χ0) is 21.6. The molecular weight excluding hydrogens is 386 g/mol. The van der Waals surface area contributed by atoms with Gasteiger partial charge in [-0.05, 0) is 35.2 Å². The largest absolute Gasteiger partial charge is 0.496 e. The Bertz CT molecular complexity index is 1180. The van der Waals surface area contributed by atoms with E-state index < -0.39 is 0 Å². The SMILES string of the molecule is COc1ccc(C(=O)N(C)Cc2ccccc2)cc1COc1cccc2ccccc12. The van der Waals surface area contributed by atoms with Gasteiger partial charge in [0, 0.05) is 30.1 Å². The smallest absolute Gasteiger partial charge is 0.253 e. The molecule has 0 aliphatic rings. The minimum Gasteiger partial charge on any atom is -0.496 e. The van der Waals surface area contributed by atoms with Gasteiger partial charge in [0.15, 0.2) is 0 Å². The van der Waals surface area contributed by atoms with Gasteiger partial charge in [0.1, 0.15) is 18.1 Å². The molecule has 31 heavy (non-hydrogen) atoms. The molecule has 0 unspecified atom stereocenters. The van der Waals surface area contributed by atoms with Crippen molar-refractivity contribution in [1.29, 1.82) is 0 Å². The van der Waals surface area contributed by atoms with Crippen LogP contribution >= 0.6 is 0 Å². The molecule has 4 heteroatoms. The van der Waals surface area contributed by atoms with Crippen molar-refractivity contribution in [3.8, 4) is 11.5 Å². The van der Waals surface area contributed by atoms with Crippen molar-refractivity contribution in [3.63, 3.8) is 0 Å².